The van der Waals surface area contributed by atoms with Crippen molar-refractivity contribution in [1.29, 1.82) is 0 Å². The Balaban J connectivity index is 1.34. The predicted octanol–water partition coefficient (Wildman–Crippen LogP) is 9.64. The quantitative estimate of drug-likeness (QED) is 0.247. The summed E-state index contributed by atoms with van der Waals surface area (Å²) in [5.41, 5.74) is 14.9. The summed E-state index contributed by atoms with van der Waals surface area (Å²) in [5.74, 6) is 0. The van der Waals surface area contributed by atoms with Crippen LogP contribution in [0.15, 0.2) is 108 Å². The first-order chi connectivity index (χ1) is 17.2. The van der Waals surface area contributed by atoms with E-state index in [1.165, 1.54) is 41.6 Å². The van der Waals surface area contributed by atoms with Crippen LogP contribution in [0, 0.1) is 0 Å². The van der Waals surface area contributed by atoms with Gasteiger partial charge in [0.05, 0.1) is 0 Å². The molecule has 170 valence electrons. The van der Waals surface area contributed by atoms with E-state index in [9.17, 15) is 0 Å². The summed E-state index contributed by atoms with van der Waals surface area (Å²) in [4.78, 5) is 0. The first kappa shape index (κ1) is 21.5. The fourth-order valence-corrected chi connectivity index (χ4v) is 25.0. The molecule has 0 spiro atoms. The van der Waals surface area contributed by atoms with Crippen LogP contribution in [0.2, 0.25) is 8.26 Å². The molecule has 7 rings (SSSR count). The molecule has 1 heteroatoms. The molecule has 4 aromatic rings. The number of benzene rings is 4. The van der Waals surface area contributed by atoms with Crippen molar-refractivity contribution < 1.29 is 20.3 Å². The minimum atomic E-state index is -2.56. The van der Waals surface area contributed by atoms with Crippen LogP contribution in [0.1, 0.15) is 43.4 Å². The third kappa shape index (κ3) is 3.28. The van der Waals surface area contributed by atoms with Crippen molar-refractivity contribution in [2.45, 2.75) is 29.4 Å². The Kier molecular flexibility index (Phi) is 5.01. The second-order valence-electron chi connectivity index (χ2n) is 10.7. The Morgan fingerprint density at radius 3 is 1.34 bits per heavy atom. The second kappa shape index (κ2) is 8.14. The van der Waals surface area contributed by atoms with Gasteiger partial charge in [-0.05, 0) is 0 Å². The first-order valence-corrected chi connectivity index (χ1v) is 19.2. The molecular weight excluding hydrogens is 500 g/mol. The summed E-state index contributed by atoms with van der Waals surface area (Å²) in [6.45, 7) is 4.84. The molecule has 0 N–H and O–H groups in total. The van der Waals surface area contributed by atoms with Gasteiger partial charge in [0, 0.05) is 0 Å². The minimum absolute atomic E-state index is 0.697. The molecule has 0 amide bonds. The van der Waals surface area contributed by atoms with Crippen molar-refractivity contribution >= 4 is 12.2 Å². The average Bonchev–Trinajstić information content (AvgIpc) is 3.47. The van der Waals surface area contributed by atoms with Crippen molar-refractivity contribution in [3.63, 3.8) is 0 Å². The van der Waals surface area contributed by atoms with Crippen LogP contribution in [0.3, 0.4) is 0 Å². The molecule has 1 saturated heterocycles. The summed E-state index contributed by atoms with van der Waals surface area (Å²) in [7, 11) is 0. The molecule has 2 atom stereocenters. The van der Waals surface area contributed by atoms with Crippen LogP contribution in [0.4, 0.5) is 0 Å². The third-order valence-electron chi connectivity index (χ3n) is 8.70. The van der Waals surface area contributed by atoms with E-state index in [-0.39, 0.29) is 0 Å². The van der Waals surface area contributed by atoms with Gasteiger partial charge in [-0.2, -0.15) is 0 Å². The summed E-state index contributed by atoms with van der Waals surface area (Å²) in [6.07, 6.45) is 5.07. The summed E-state index contributed by atoms with van der Waals surface area (Å²) < 4.78 is 4.40. The van der Waals surface area contributed by atoms with Gasteiger partial charge >= 0.3 is 214 Å². The first-order valence-electron chi connectivity index (χ1n) is 12.9. The van der Waals surface area contributed by atoms with Gasteiger partial charge in [0.15, 0.2) is 0 Å². The van der Waals surface area contributed by atoms with Gasteiger partial charge in [0.1, 0.15) is 0 Å². The van der Waals surface area contributed by atoms with Gasteiger partial charge in [-0.25, -0.2) is 0 Å². The number of hydrogen-bond donors (Lipinski definition) is 0. The van der Waals surface area contributed by atoms with Crippen LogP contribution in [0.25, 0.3) is 34.4 Å². The zero-order valence-electron chi connectivity index (χ0n) is 20.5. The Morgan fingerprint density at radius 2 is 0.943 bits per heavy atom. The van der Waals surface area contributed by atoms with Crippen molar-refractivity contribution in [2.75, 3.05) is 0 Å². The summed E-state index contributed by atoms with van der Waals surface area (Å²) in [5, 5.41) is 0. The number of fused-ring (bicyclic) bond motifs is 2. The van der Waals surface area contributed by atoms with Gasteiger partial charge in [-0.3, -0.25) is 0 Å². The monoisotopic (exact) mass is 528 g/mol. The van der Waals surface area contributed by atoms with Crippen molar-refractivity contribution in [3.8, 4) is 22.3 Å². The van der Waals surface area contributed by atoms with E-state index < -0.39 is 20.3 Å². The Morgan fingerprint density at radius 1 is 0.514 bits per heavy atom. The zero-order chi connectivity index (χ0) is 23.6. The van der Waals surface area contributed by atoms with Crippen molar-refractivity contribution in [1.82, 2.24) is 0 Å². The number of rotatable bonds is 4. The molecular formula is C34H30Zr. The zero-order valence-corrected chi connectivity index (χ0v) is 22.9. The fourth-order valence-electron chi connectivity index (χ4n) is 7.26. The fraction of sp³-hybridized carbons (Fsp3) is 0.176. The Hall–Kier alpha value is -2.76. The van der Waals surface area contributed by atoms with Gasteiger partial charge in [-0.15, -0.1) is 0 Å². The molecule has 0 nitrogen and oxygen atoms in total. The summed E-state index contributed by atoms with van der Waals surface area (Å²) >= 11 is -2.56. The molecule has 1 heterocycles. The van der Waals surface area contributed by atoms with Crippen LogP contribution in [0.5, 0.6) is 0 Å². The van der Waals surface area contributed by atoms with Crippen LogP contribution < -0.4 is 0 Å². The predicted molar refractivity (Wildman–Crippen MR) is 146 cm³/mol. The van der Waals surface area contributed by atoms with Crippen LogP contribution >= 0.6 is 0 Å². The van der Waals surface area contributed by atoms with E-state index >= 15 is 0 Å². The van der Waals surface area contributed by atoms with E-state index in [2.05, 4.69) is 123 Å². The molecule has 0 bridgehead atoms. The maximum atomic E-state index is 2.54. The molecule has 3 aliphatic rings. The van der Waals surface area contributed by atoms with Crippen LogP contribution in [-0.2, 0) is 20.3 Å². The van der Waals surface area contributed by atoms with E-state index in [1.54, 1.807) is 22.3 Å². The van der Waals surface area contributed by atoms with E-state index in [4.69, 9.17) is 0 Å². The van der Waals surface area contributed by atoms with Gasteiger partial charge < -0.3 is 0 Å². The van der Waals surface area contributed by atoms with Gasteiger partial charge in [-0.1, -0.05) is 0 Å². The molecule has 2 aliphatic carbocycles. The van der Waals surface area contributed by atoms with Crippen LogP contribution in [-0.4, -0.2) is 0 Å². The standard InChI is InChI=1S/2C16H13.C2H4.Zr/c2*1-12-10-14-8-5-9-15(16(14)11-12)13-6-3-2-4-7-13;1-2;/h2*2-11H,1H3;1-2H2;. The van der Waals surface area contributed by atoms with Gasteiger partial charge in [0.25, 0.3) is 0 Å². The molecule has 1 fully saturated rings. The molecule has 1 aliphatic heterocycles. The van der Waals surface area contributed by atoms with Gasteiger partial charge in [0.2, 0.25) is 0 Å². The topological polar surface area (TPSA) is 0 Å². The van der Waals surface area contributed by atoms with Crippen molar-refractivity contribution in [2.24, 2.45) is 0 Å². The maximum absolute atomic E-state index is 2.56. The Labute approximate surface area is 213 Å². The number of allylic oxidation sites excluding steroid dienone is 2. The molecule has 2 unspecified atom stereocenters. The molecule has 0 aromatic heterocycles. The average molecular weight is 530 g/mol. The van der Waals surface area contributed by atoms with E-state index in [0.29, 0.717) is 7.25 Å². The molecule has 4 aromatic carbocycles. The normalized spacial score (nSPS) is 21.2. The third-order valence-corrected chi connectivity index (χ3v) is 22.2. The Bertz CT molecular complexity index is 1390. The molecule has 0 radical (unpaired) electrons. The molecule has 0 saturated carbocycles. The number of hydrogen-bond acceptors (Lipinski definition) is 0. The van der Waals surface area contributed by atoms with Crippen molar-refractivity contribution in [3.05, 3.63) is 130 Å². The van der Waals surface area contributed by atoms with E-state index in [0.717, 1.165) is 0 Å². The summed E-state index contributed by atoms with van der Waals surface area (Å²) in [6, 6.07) is 36.0. The molecule has 35 heavy (non-hydrogen) atoms. The van der Waals surface area contributed by atoms with E-state index in [1.807, 2.05) is 0 Å². The second-order valence-corrected chi connectivity index (χ2v) is 22.1. The SMILES string of the molecule is CC1=Cc2c(-c3ccccc3)cccc2[CH]1[Zr]1([CH]2C(C)=Cc3c(-c4ccccc4)cccc32)[CH2][CH2]1.